The number of ether oxygens (including phenoxy) is 1. The number of benzene rings is 3. The van der Waals surface area contributed by atoms with E-state index in [0.29, 0.717) is 30.8 Å². The molecule has 0 saturated carbocycles. The zero-order valence-electron chi connectivity index (χ0n) is 24.3. The second-order valence-electron chi connectivity index (χ2n) is 11.4. The van der Waals surface area contributed by atoms with Crippen LogP contribution >= 0.6 is 0 Å². The summed E-state index contributed by atoms with van der Waals surface area (Å²) in [5.41, 5.74) is 10.4. The molecule has 6 rings (SSSR count). The number of aromatic nitrogens is 4. The summed E-state index contributed by atoms with van der Waals surface area (Å²) < 4.78 is 23.2. The van der Waals surface area contributed by atoms with Crippen LogP contribution in [0.3, 0.4) is 0 Å². The molecule has 1 amide bonds. The van der Waals surface area contributed by atoms with Crippen molar-refractivity contribution >= 4 is 28.0 Å². The van der Waals surface area contributed by atoms with E-state index in [1.54, 1.807) is 19.2 Å². The van der Waals surface area contributed by atoms with Crippen LogP contribution in [0.15, 0.2) is 71.5 Å². The molecule has 5 aromatic rings. The van der Waals surface area contributed by atoms with Gasteiger partial charge >= 0.3 is 5.69 Å². The van der Waals surface area contributed by atoms with Gasteiger partial charge in [-0.1, -0.05) is 30.3 Å². The van der Waals surface area contributed by atoms with Crippen LogP contribution in [0, 0.1) is 5.82 Å². The predicted octanol–water partition coefficient (Wildman–Crippen LogP) is 4.51. The van der Waals surface area contributed by atoms with Crippen molar-refractivity contribution < 1.29 is 13.9 Å². The number of piperidine rings is 1. The van der Waals surface area contributed by atoms with Crippen molar-refractivity contribution in [2.75, 3.05) is 26.8 Å². The molecule has 43 heavy (non-hydrogen) atoms. The number of fused-ring (bicyclic) bond motifs is 2. The van der Waals surface area contributed by atoms with Crippen molar-refractivity contribution in [1.29, 1.82) is 0 Å². The van der Waals surface area contributed by atoms with Gasteiger partial charge in [0.15, 0.2) is 0 Å². The van der Waals surface area contributed by atoms with Gasteiger partial charge in [0.1, 0.15) is 17.2 Å². The normalized spacial score (nSPS) is 16.3. The highest BCUT2D eigenvalue weighted by atomic mass is 19.1. The fourth-order valence-corrected chi connectivity index (χ4v) is 6.28. The van der Waals surface area contributed by atoms with E-state index in [2.05, 4.69) is 15.6 Å². The molecule has 3 N–H and O–H groups in total. The van der Waals surface area contributed by atoms with E-state index in [1.165, 1.54) is 10.6 Å². The highest BCUT2D eigenvalue weighted by Gasteiger charge is 2.29. The number of halogens is 1. The first-order valence-corrected chi connectivity index (χ1v) is 14.9. The van der Waals surface area contributed by atoms with Crippen LogP contribution in [0.5, 0.6) is 0 Å². The lowest BCUT2D eigenvalue weighted by Gasteiger charge is -2.33. The van der Waals surface area contributed by atoms with Gasteiger partial charge in [-0.15, -0.1) is 0 Å². The summed E-state index contributed by atoms with van der Waals surface area (Å²) in [4.78, 5) is 35.4. The minimum atomic E-state index is -0.471. The van der Waals surface area contributed by atoms with Crippen molar-refractivity contribution in [2.45, 2.75) is 50.6 Å². The number of hydrogen-bond donors (Lipinski definition) is 2. The predicted molar refractivity (Wildman–Crippen MR) is 165 cm³/mol. The monoisotopic (exact) mass is 584 g/mol. The van der Waals surface area contributed by atoms with Gasteiger partial charge in [-0.3, -0.25) is 9.36 Å². The Morgan fingerprint density at radius 1 is 1.12 bits per heavy atom. The van der Waals surface area contributed by atoms with Crippen LogP contribution in [0.4, 0.5) is 4.39 Å². The lowest BCUT2D eigenvalue weighted by atomic mass is 9.96. The highest BCUT2D eigenvalue weighted by molar-refractivity contribution is 5.79. The molecule has 2 atom stereocenters. The minimum Gasteiger partial charge on any atom is -0.385 e. The molecule has 1 saturated heterocycles. The maximum absolute atomic E-state index is 14.1. The van der Waals surface area contributed by atoms with Crippen LogP contribution in [0.1, 0.15) is 43.0 Å². The van der Waals surface area contributed by atoms with E-state index < -0.39 is 11.5 Å². The average molecular weight is 585 g/mol. The van der Waals surface area contributed by atoms with Gasteiger partial charge in [0.05, 0.1) is 22.2 Å². The Morgan fingerprint density at radius 3 is 2.72 bits per heavy atom. The number of carbonyl (C=O) groups excluding carboxylic acids is 1. The number of aryl methyl sites for hydroxylation is 1. The average Bonchev–Trinajstić information content (AvgIpc) is 3.56. The van der Waals surface area contributed by atoms with Gasteiger partial charge in [0.25, 0.3) is 0 Å². The Kier molecular flexibility index (Phi) is 8.40. The molecule has 0 radical (unpaired) electrons. The van der Waals surface area contributed by atoms with Crippen molar-refractivity contribution in [3.05, 3.63) is 94.4 Å². The molecular formula is C33H37FN6O3. The lowest BCUT2D eigenvalue weighted by molar-refractivity contribution is -0.132. The molecule has 224 valence electrons. The number of rotatable bonds is 10. The molecule has 0 aliphatic carbocycles. The molecule has 3 heterocycles. The summed E-state index contributed by atoms with van der Waals surface area (Å²) in [7, 11) is 1.72. The smallest absolute Gasteiger partial charge is 0.331 e. The van der Waals surface area contributed by atoms with Gasteiger partial charge < -0.3 is 24.9 Å². The maximum atomic E-state index is 14.1. The van der Waals surface area contributed by atoms with Gasteiger partial charge in [0, 0.05) is 51.7 Å². The SMILES string of the molecule is COCCCn1c(C2CCCN(C(=O)CC(N)Cc3ccc(-n4c(=O)[nH]c5c(F)cccc54)cc3)C2)nc2ccccc21. The van der Waals surface area contributed by atoms with Crippen LogP contribution in [-0.4, -0.2) is 62.8 Å². The van der Waals surface area contributed by atoms with E-state index in [4.69, 9.17) is 15.5 Å². The summed E-state index contributed by atoms with van der Waals surface area (Å²) in [6.45, 7) is 2.86. The van der Waals surface area contributed by atoms with E-state index in [1.807, 2.05) is 47.4 Å². The minimum absolute atomic E-state index is 0.0586. The number of aromatic amines is 1. The zero-order chi connectivity index (χ0) is 29.9. The van der Waals surface area contributed by atoms with Gasteiger partial charge in [-0.2, -0.15) is 0 Å². The number of nitrogens with one attached hydrogen (secondary N) is 1. The number of para-hydroxylation sites is 3. The number of H-pyrrole nitrogens is 1. The molecule has 2 unspecified atom stereocenters. The Balaban J connectivity index is 1.10. The number of methoxy groups -OCH3 is 1. The van der Waals surface area contributed by atoms with Gasteiger partial charge in [0.2, 0.25) is 5.91 Å². The number of nitrogens with two attached hydrogens (primary N) is 1. The number of amides is 1. The van der Waals surface area contributed by atoms with E-state index in [9.17, 15) is 14.0 Å². The van der Waals surface area contributed by atoms with Crippen molar-refractivity contribution in [1.82, 2.24) is 24.0 Å². The first-order valence-electron chi connectivity index (χ1n) is 14.9. The number of carbonyl (C=O) groups is 1. The fraction of sp³-hybridized carbons (Fsp3) is 0.364. The van der Waals surface area contributed by atoms with Crippen LogP contribution in [0.25, 0.3) is 27.8 Å². The molecular weight excluding hydrogens is 547 g/mol. The quantitative estimate of drug-likeness (QED) is 0.235. The van der Waals surface area contributed by atoms with Crippen molar-refractivity contribution in [3.63, 3.8) is 0 Å². The standard InChI is InChI=1S/C33H37FN6O3/c1-43-18-6-17-39-28-10-3-2-9-27(28)36-32(39)23-7-5-16-38(21-23)30(41)20-24(35)19-22-12-14-25(15-13-22)40-29-11-4-8-26(34)31(29)37-33(40)42/h2-4,8-15,23-24H,5-7,16-21,35H2,1H3,(H,37,42). The van der Waals surface area contributed by atoms with Crippen LogP contribution < -0.4 is 11.4 Å². The molecule has 0 spiro atoms. The Bertz CT molecular complexity index is 1790. The Morgan fingerprint density at radius 2 is 1.91 bits per heavy atom. The Labute approximate surface area is 249 Å². The number of imidazole rings is 2. The lowest BCUT2D eigenvalue weighted by Crippen LogP contribution is -2.42. The van der Waals surface area contributed by atoms with Gasteiger partial charge in [-0.05, 0) is 67.6 Å². The molecule has 1 aliphatic rings. The van der Waals surface area contributed by atoms with Crippen molar-refractivity contribution in [3.8, 4) is 5.69 Å². The first-order chi connectivity index (χ1) is 20.9. The number of nitrogens with zero attached hydrogens (tertiary/aromatic N) is 4. The number of likely N-dealkylation sites (tertiary alicyclic amines) is 1. The molecule has 9 nitrogen and oxygen atoms in total. The maximum Gasteiger partial charge on any atom is 0.331 e. The van der Waals surface area contributed by atoms with Crippen LogP contribution in [-0.2, 0) is 22.5 Å². The molecule has 1 aliphatic heterocycles. The molecule has 10 heteroatoms. The molecule has 3 aromatic carbocycles. The number of hydrogen-bond acceptors (Lipinski definition) is 5. The topological polar surface area (TPSA) is 111 Å². The second-order valence-corrected chi connectivity index (χ2v) is 11.4. The summed E-state index contributed by atoms with van der Waals surface area (Å²) in [6.07, 6.45) is 3.58. The van der Waals surface area contributed by atoms with Gasteiger partial charge in [-0.25, -0.2) is 14.2 Å². The third kappa shape index (κ3) is 5.98. The molecule has 2 aromatic heterocycles. The summed E-state index contributed by atoms with van der Waals surface area (Å²) in [5, 5.41) is 0. The van der Waals surface area contributed by atoms with E-state index in [-0.39, 0.29) is 29.8 Å². The largest absolute Gasteiger partial charge is 0.385 e. The van der Waals surface area contributed by atoms with E-state index in [0.717, 1.165) is 54.8 Å². The first kappa shape index (κ1) is 28.8. The zero-order valence-corrected chi connectivity index (χ0v) is 24.3. The summed E-state index contributed by atoms with van der Waals surface area (Å²) in [6, 6.07) is 19.9. The van der Waals surface area contributed by atoms with E-state index >= 15 is 0 Å². The molecule has 0 bridgehead atoms. The summed E-state index contributed by atoms with van der Waals surface area (Å²) in [5.74, 6) is 0.790. The van der Waals surface area contributed by atoms with Crippen molar-refractivity contribution in [2.24, 2.45) is 5.73 Å². The second kappa shape index (κ2) is 12.5. The molecule has 1 fully saturated rings. The third-order valence-electron chi connectivity index (χ3n) is 8.35. The third-order valence-corrected chi connectivity index (χ3v) is 8.35. The van der Waals surface area contributed by atoms with Crippen LogP contribution in [0.2, 0.25) is 0 Å². The highest BCUT2D eigenvalue weighted by Crippen LogP contribution is 2.30. The fourth-order valence-electron chi connectivity index (χ4n) is 6.28. The summed E-state index contributed by atoms with van der Waals surface area (Å²) >= 11 is 0. The Hall–Kier alpha value is -4.28.